The van der Waals surface area contributed by atoms with E-state index >= 15 is 0 Å². The van der Waals surface area contributed by atoms with Crippen molar-refractivity contribution in [2.24, 2.45) is 5.92 Å². The van der Waals surface area contributed by atoms with Crippen LogP contribution in [-0.2, 0) is 12.4 Å². The van der Waals surface area contributed by atoms with Crippen LogP contribution in [0.2, 0.25) is 0 Å². The van der Waals surface area contributed by atoms with Crippen LogP contribution in [0, 0.1) is 5.92 Å². The average Bonchev–Trinajstić information content (AvgIpc) is 2.59. The molecule has 152 valence electrons. The van der Waals surface area contributed by atoms with Crippen molar-refractivity contribution in [3.63, 3.8) is 0 Å². The minimum atomic E-state index is -5.02. The molecule has 0 spiro atoms. The Morgan fingerprint density at radius 3 is 1.86 bits per heavy atom. The third-order valence-corrected chi connectivity index (χ3v) is 3.55. The highest BCUT2D eigenvalue weighted by Gasteiger charge is 2.37. The van der Waals surface area contributed by atoms with E-state index in [1.807, 2.05) is 13.8 Å². The molecule has 0 unspecified atom stereocenters. The summed E-state index contributed by atoms with van der Waals surface area (Å²) in [5.41, 5.74) is -3.65. The minimum Gasteiger partial charge on any atom is -0.493 e. The van der Waals surface area contributed by atoms with Gasteiger partial charge in [0.2, 0.25) is 0 Å². The molecule has 0 radical (unpaired) electrons. The molecule has 0 atom stereocenters. The molecule has 0 aromatic heterocycles. The van der Waals surface area contributed by atoms with Crippen LogP contribution in [0.4, 0.5) is 32.0 Å². The van der Waals surface area contributed by atoms with Crippen LogP contribution in [0.25, 0.3) is 0 Å². The molecule has 0 fully saturated rings. The number of ether oxygens (including phenoxy) is 1. The molecule has 0 saturated heterocycles. The molecule has 3 nitrogen and oxygen atoms in total. The third-order valence-electron chi connectivity index (χ3n) is 3.55. The zero-order chi connectivity index (χ0) is 21.1. The highest BCUT2D eigenvalue weighted by atomic mass is 19.4. The number of carbonyl (C=O) groups is 1. The Morgan fingerprint density at radius 2 is 1.43 bits per heavy atom. The molecule has 2 aromatic rings. The molecule has 0 bridgehead atoms. The molecular formula is C19H17F6NO2. The van der Waals surface area contributed by atoms with Crippen LogP contribution in [0.5, 0.6) is 5.75 Å². The Labute approximate surface area is 157 Å². The average molecular weight is 405 g/mol. The lowest BCUT2D eigenvalue weighted by atomic mass is 10.0. The van der Waals surface area contributed by atoms with Crippen LogP contribution >= 0.6 is 0 Å². The molecule has 2 rings (SSSR count). The van der Waals surface area contributed by atoms with Crippen molar-refractivity contribution < 1.29 is 35.9 Å². The van der Waals surface area contributed by atoms with Gasteiger partial charge in [-0.2, -0.15) is 26.3 Å². The molecule has 28 heavy (non-hydrogen) atoms. The molecule has 0 heterocycles. The first-order chi connectivity index (χ1) is 12.9. The van der Waals surface area contributed by atoms with Gasteiger partial charge in [0.25, 0.3) is 5.91 Å². The maximum Gasteiger partial charge on any atom is 0.416 e. The number of hydrogen-bond donors (Lipinski definition) is 1. The highest BCUT2D eigenvalue weighted by molar-refractivity contribution is 6.04. The van der Waals surface area contributed by atoms with Gasteiger partial charge in [0.05, 0.1) is 17.7 Å². The van der Waals surface area contributed by atoms with E-state index < -0.39 is 35.0 Å². The van der Waals surface area contributed by atoms with E-state index in [1.165, 1.54) is 24.3 Å². The SMILES string of the molecule is CC(C)COc1ccc(NC(=O)c2cc(C(F)(F)F)cc(C(F)(F)F)c2)cc1. The number of halogens is 6. The molecule has 2 aromatic carbocycles. The first-order valence-electron chi connectivity index (χ1n) is 8.20. The second-order valence-electron chi connectivity index (χ2n) is 6.48. The first-order valence-corrected chi connectivity index (χ1v) is 8.20. The second-order valence-corrected chi connectivity index (χ2v) is 6.48. The Kier molecular flexibility index (Phi) is 6.26. The standard InChI is InChI=1S/C19H17F6NO2/c1-11(2)10-28-16-5-3-15(4-6-16)26-17(27)12-7-13(18(20,21)22)9-14(8-12)19(23,24)25/h3-9,11H,10H2,1-2H3,(H,26,27). The van der Waals surface area contributed by atoms with Crippen LogP contribution < -0.4 is 10.1 Å². The summed E-state index contributed by atoms with van der Waals surface area (Å²) in [5, 5.41) is 2.28. The van der Waals surface area contributed by atoms with Gasteiger partial charge in [-0.05, 0) is 48.4 Å². The number of alkyl halides is 6. The zero-order valence-electron chi connectivity index (χ0n) is 14.9. The normalized spacial score (nSPS) is 12.2. The Hall–Kier alpha value is -2.71. The van der Waals surface area contributed by atoms with Gasteiger partial charge in [0.1, 0.15) is 5.75 Å². The molecule has 0 saturated carbocycles. The van der Waals surface area contributed by atoms with Gasteiger partial charge in [0.15, 0.2) is 0 Å². The Balaban J connectivity index is 2.23. The summed E-state index contributed by atoms with van der Waals surface area (Å²) in [5.74, 6) is -0.277. The molecule has 1 amide bonds. The molecule has 0 aliphatic carbocycles. The smallest absolute Gasteiger partial charge is 0.416 e. The van der Waals surface area contributed by atoms with Gasteiger partial charge >= 0.3 is 12.4 Å². The van der Waals surface area contributed by atoms with Crippen molar-refractivity contribution in [3.05, 3.63) is 59.2 Å². The van der Waals surface area contributed by atoms with Crippen molar-refractivity contribution in [1.29, 1.82) is 0 Å². The highest BCUT2D eigenvalue weighted by Crippen LogP contribution is 2.36. The van der Waals surface area contributed by atoms with Crippen molar-refractivity contribution in [2.75, 3.05) is 11.9 Å². The zero-order valence-corrected chi connectivity index (χ0v) is 14.9. The number of rotatable bonds is 5. The first kappa shape index (κ1) is 21.6. The fourth-order valence-corrected chi connectivity index (χ4v) is 2.19. The maximum absolute atomic E-state index is 12.9. The maximum atomic E-state index is 12.9. The van der Waals surface area contributed by atoms with Crippen LogP contribution in [-0.4, -0.2) is 12.5 Å². The van der Waals surface area contributed by atoms with E-state index in [0.717, 1.165) is 0 Å². The number of carbonyl (C=O) groups excluding carboxylic acids is 1. The predicted molar refractivity (Wildman–Crippen MR) is 91.2 cm³/mol. The van der Waals surface area contributed by atoms with E-state index in [1.54, 1.807) is 0 Å². The van der Waals surface area contributed by atoms with E-state index in [9.17, 15) is 31.1 Å². The second kappa shape index (κ2) is 8.12. The fourth-order valence-electron chi connectivity index (χ4n) is 2.19. The van der Waals surface area contributed by atoms with E-state index in [2.05, 4.69) is 5.32 Å². The summed E-state index contributed by atoms with van der Waals surface area (Å²) < 4.78 is 82.8. The lowest BCUT2D eigenvalue weighted by molar-refractivity contribution is -0.143. The number of nitrogens with one attached hydrogen (secondary N) is 1. The van der Waals surface area contributed by atoms with Crippen molar-refractivity contribution in [2.45, 2.75) is 26.2 Å². The van der Waals surface area contributed by atoms with Gasteiger partial charge in [0, 0.05) is 11.3 Å². The molecule has 1 N–H and O–H groups in total. The molecule has 9 heteroatoms. The topological polar surface area (TPSA) is 38.3 Å². The monoisotopic (exact) mass is 405 g/mol. The van der Waals surface area contributed by atoms with Crippen LogP contribution in [0.1, 0.15) is 35.3 Å². The van der Waals surface area contributed by atoms with Gasteiger partial charge in [-0.3, -0.25) is 4.79 Å². The number of benzene rings is 2. The van der Waals surface area contributed by atoms with Crippen molar-refractivity contribution >= 4 is 11.6 Å². The van der Waals surface area contributed by atoms with Gasteiger partial charge < -0.3 is 10.1 Å². The number of amides is 1. The summed E-state index contributed by atoms with van der Waals surface area (Å²) in [6, 6.07) is 6.67. The summed E-state index contributed by atoms with van der Waals surface area (Å²) in [4.78, 5) is 12.2. The number of anilines is 1. The summed E-state index contributed by atoms with van der Waals surface area (Å²) in [6.07, 6.45) is -10.0. The van der Waals surface area contributed by atoms with Crippen molar-refractivity contribution in [1.82, 2.24) is 0 Å². The van der Waals surface area contributed by atoms with Crippen molar-refractivity contribution in [3.8, 4) is 5.75 Å². The third kappa shape index (κ3) is 5.90. The largest absolute Gasteiger partial charge is 0.493 e. The molecular weight excluding hydrogens is 388 g/mol. The predicted octanol–water partition coefficient (Wildman–Crippen LogP) is 6.01. The van der Waals surface area contributed by atoms with Gasteiger partial charge in [-0.15, -0.1) is 0 Å². The van der Waals surface area contributed by atoms with Crippen LogP contribution in [0.15, 0.2) is 42.5 Å². The Morgan fingerprint density at radius 1 is 0.929 bits per heavy atom. The van der Waals surface area contributed by atoms with E-state index in [-0.39, 0.29) is 11.8 Å². The fraction of sp³-hybridized carbons (Fsp3) is 0.316. The molecule has 0 aliphatic rings. The summed E-state index contributed by atoms with van der Waals surface area (Å²) in [6.45, 7) is 4.38. The van der Waals surface area contributed by atoms with Gasteiger partial charge in [-0.25, -0.2) is 0 Å². The number of hydrogen-bond acceptors (Lipinski definition) is 2. The summed E-state index contributed by atoms with van der Waals surface area (Å²) in [7, 11) is 0. The quantitative estimate of drug-likeness (QED) is 0.619. The summed E-state index contributed by atoms with van der Waals surface area (Å²) >= 11 is 0. The van der Waals surface area contributed by atoms with Crippen LogP contribution in [0.3, 0.4) is 0 Å². The lowest BCUT2D eigenvalue weighted by Gasteiger charge is -2.14. The Bertz CT molecular complexity index is 794. The molecule has 0 aliphatic heterocycles. The lowest BCUT2D eigenvalue weighted by Crippen LogP contribution is -2.17. The minimum absolute atomic E-state index is 0.0301. The van der Waals surface area contributed by atoms with E-state index in [4.69, 9.17) is 4.74 Å². The van der Waals surface area contributed by atoms with Gasteiger partial charge in [-0.1, -0.05) is 13.8 Å². The van der Waals surface area contributed by atoms with E-state index in [0.29, 0.717) is 30.4 Å².